The van der Waals surface area contributed by atoms with Gasteiger partial charge in [-0.05, 0) is 5.56 Å². The van der Waals surface area contributed by atoms with E-state index in [9.17, 15) is 9.59 Å². The zero-order valence-electron chi connectivity index (χ0n) is 16.7. The highest BCUT2D eigenvalue weighted by molar-refractivity contribution is 5.79. The highest BCUT2D eigenvalue weighted by Gasteiger charge is 2.32. The lowest BCUT2D eigenvalue weighted by Gasteiger charge is -2.18. The number of hydrogen-bond acceptors (Lipinski definition) is 5. The summed E-state index contributed by atoms with van der Waals surface area (Å²) in [4.78, 5) is 37.0. The number of carbonyl (C=O) groups is 2. The van der Waals surface area contributed by atoms with Gasteiger partial charge in [-0.25, -0.2) is 9.97 Å². The molecule has 2 amide bonds. The Kier molecular flexibility index (Phi) is 6.23. The summed E-state index contributed by atoms with van der Waals surface area (Å²) in [6.07, 6.45) is 0.886. The minimum atomic E-state index is 0.0252. The molecule has 2 heterocycles. The molecule has 0 aliphatic carbocycles. The number of amides is 2. The number of nitrogens with one attached hydrogen (secondary N) is 1. The van der Waals surface area contributed by atoms with Crippen molar-refractivity contribution in [2.75, 3.05) is 26.0 Å². The summed E-state index contributed by atoms with van der Waals surface area (Å²) in [5, 5.41) is 3.06. The van der Waals surface area contributed by atoms with Crippen LogP contribution in [0.2, 0.25) is 0 Å². The van der Waals surface area contributed by atoms with Crippen molar-refractivity contribution in [3.63, 3.8) is 0 Å². The van der Waals surface area contributed by atoms with Crippen LogP contribution in [0.5, 0.6) is 0 Å². The molecule has 148 valence electrons. The third kappa shape index (κ3) is 4.65. The van der Waals surface area contributed by atoms with E-state index < -0.39 is 0 Å². The molecule has 1 aromatic carbocycles. The molecular weight excluding hydrogens is 354 g/mol. The van der Waals surface area contributed by atoms with Gasteiger partial charge in [-0.1, -0.05) is 37.3 Å². The molecule has 7 nitrogen and oxygen atoms in total. The Hall–Kier alpha value is -2.96. The Labute approximate surface area is 165 Å². The van der Waals surface area contributed by atoms with Crippen molar-refractivity contribution in [1.82, 2.24) is 19.8 Å². The van der Waals surface area contributed by atoms with Gasteiger partial charge in [0.25, 0.3) is 0 Å². The molecule has 2 aromatic rings. The van der Waals surface area contributed by atoms with Crippen molar-refractivity contribution in [2.45, 2.75) is 38.8 Å². The molecule has 0 bridgehead atoms. The first-order chi connectivity index (χ1) is 13.5. The number of anilines is 1. The predicted octanol–water partition coefficient (Wildman–Crippen LogP) is 2.40. The fourth-order valence-corrected chi connectivity index (χ4v) is 3.42. The van der Waals surface area contributed by atoms with Crippen molar-refractivity contribution in [3.05, 3.63) is 53.5 Å². The van der Waals surface area contributed by atoms with E-state index in [4.69, 9.17) is 0 Å². The van der Waals surface area contributed by atoms with Gasteiger partial charge in [-0.3, -0.25) is 9.59 Å². The smallest absolute Gasteiger partial charge is 0.223 e. The molecule has 1 aromatic heterocycles. The summed E-state index contributed by atoms with van der Waals surface area (Å²) in [6.45, 7) is 3.43. The van der Waals surface area contributed by atoms with E-state index in [2.05, 4.69) is 15.3 Å². The van der Waals surface area contributed by atoms with E-state index in [1.165, 1.54) is 0 Å². The second-order valence-corrected chi connectivity index (χ2v) is 7.11. The zero-order valence-corrected chi connectivity index (χ0v) is 16.7. The molecule has 1 unspecified atom stereocenters. The van der Waals surface area contributed by atoms with Crippen LogP contribution in [0.1, 0.15) is 42.8 Å². The third-order valence-corrected chi connectivity index (χ3v) is 5.00. The lowest BCUT2D eigenvalue weighted by Crippen LogP contribution is -2.27. The molecule has 1 aliphatic heterocycles. The molecule has 0 spiro atoms. The highest BCUT2D eigenvalue weighted by atomic mass is 16.2. The molecule has 1 saturated heterocycles. The summed E-state index contributed by atoms with van der Waals surface area (Å²) in [5.41, 5.74) is 1.96. The van der Waals surface area contributed by atoms with Crippen LogP contribution in [-0.4, -0.2) is 52.2 Å². The van der Waals surface area contributed by atoms with Crippen molar-refractivity contribution >= 4 is 17.6 Å². The van der Waals surface area contributed by atoms with Crippen molar-refractivity contribution in [1.29, 1.82) is 0 Å². The standard InChI is InChI=1S/C21H27N5O2/c1-4-20(27)25(3)14-19-23-17(11-18(22-2)24-19)16-10-21(28)26(13-16)12-15-8-6-5-7-9-15/h5-9,11,16H,4,10,12-14H2,1-3H3,(H,22,23,24). The number of nitrogens with zero attached hydrogens (tertiary/aromatic N) is 4. The van der Waals surface area contributed by atoms with E-state index in [1.54, 1.807) is 19.0 Å². The number of benzene rings is 1. The van der Waals surface area contributed by atoms with E-state index in [1.807, 2.05) is 48.2 Å². The fourth-order valence-electron chi connectivity index (χ4n) is 3.42. The van der Waals surface area contributed by atoms with Crippen molar-refractivity contribution < 1.29 is 9.59 Å². The maximum atomic E-state index is 12.5. The molecule has 28 heavy (non-hydrogen) atoms. The van der Waals surface area contributed by atoms with Gasteiger partial charge in [0.1, 0.15) is 11.6 Å². The topological polar surface area (TPSA) is 78.4 Å². The van der Waals surface area contributed by atoms with Gasteiger partial charge in [0, 0.05) is 52.0 Å². The summed E-state index contributed by atoms with van der Waals surface area (Å²) >= 11 is 0. The quantitative estimate of drug-likeness (QED) is 0.797. The first-order valence-electron chi connectivity index (χ1n) is 9.61. The molecule has 3 rings (SSSR count). The van der Waals surface area contributed by atoms with Crippen LogP contribution >= 0.6 is 0 Å². The second kappa shape index (κ2) is 8.82. The Bertz CT molecular complexity index is 840. The number of likely N-dealkylation sites (tertiary alicyclic amines) is 1. The molecule has 1 aliphatic rings. The lowest BCUT2D eigenvalue weighted by atomic mass is 10.0. The largest absolute Gasteiger partial charge is 0.373 e. The summed E-state index contributed by atoms with van der Waals surface area (Å²) in [6, 6.07) is 11.9. The van der Waals surface area contributed by atoms with Gasteiger partial charge in [-0.2, -0.15) is 0 Å². The number of rotatable bonds is 7. The first kappa shape index (κ1) is 19.8. The van der Waals surface area contributed by atoms with Crippen molar-refractivity contribution in [3.8, 4) is 0 Å². The first-order valence-corrected chi connectivity index (χ1v) is 9.61. The van der Waals surface area contributed by atoms with Crippen LogP contribution in [0.25, 0.3) is 0 Å². The van der Waals surface area contributed by atoms with Crippen LogP contribution in [0.4, 0.5) is 5.82 Å². The van der Waals surface area contributed by atoms with Gasteiger partial charge >= 0.3 is 0 Å². The van der Waals surface area contributed by atoms with Gasteiger partial charge in [0.2, 0.25) is 11.8 Å². The highest BCUT2D eigenvalue weighted by Crippen LogP contribution is 2.29. The molecule has 1 atom stereocenters. The van der Waals surface area contributed by atoms with Gasteiger partial charge < -0.3 is 15.1 Å². The van der Waals surface area contributed by atoms with Crippen LogP contribution < -0.4 is 5.32 Å². The minimum absolute atomic E-state index is 0.0252. The van der Waals surface area contributed by atoms with Crippen LogP contribution in [0.3, 0.4) is 0 Å². The number of carbonyl (C=O) groups excluding carboxylic acids is 2. The average Bonchev–Trinajstić information content (AvgIpc) is 3.08. The zero-order chi connectivity index (χ0) is 20.1. The van der Waals surface area contributed by atoms with E-state index in [0.717, 1.165) is 11.3 Å². The normalized spacial score (nSPS) is 16.3. The van der Waals surface area contributed by atoms with Crippen LogP contribution in [-0.2, 0) is 22.7 Å². The van der Waals surface area contributed by atoms with Crippen LogP contribution in [0, 0.1) is 0 Å². The maximum absolute atomic E-state index is 12.5. The average molecular weight is 381 g/mol. The minimum Gasteiger partial charge on any atom is -0.373 e. The van der Waals surface area contributed by atoms with E-state index >= 15 is 0 Å². The van der Waals surface area contributed by atoms with E-state index in [0.29, 0.717) is 44.1 Å². The summed E-state index contributed by atoms with van der Waals surface area (Å²) in [7, 11) is 3.56. The van der Waals surface area contributed by atoms with E-state index in [-0.39, 0.29) is 17.7 Å². The monoisotopic (exact) mass is 381 g/mol. The molecule has 1 fully saturated rings. The number of aromatic nitrogens is 2. The van der Waals surface area contributed by atoms with Gasteiger partial charge in [-0.15, -0.1) is 0 Å². The van der Waals surface area contributed by atoms with Crippen molar-refractivity contribution in [2.24, 2.45) is 0 Å². The van der Waals surface area contributed by atoms with Crippen LogP contribution in [0.15, 0.2) is 36.4 Å². The van der Waals surface area contributed by atoms with Gasteiger partial charge in [0.15, 0.2) is 0 Å². The SMILES string of the molecule is CCC(=O)N(C)Cc1nc(NC)cc(C2CC(=O)N(Cc3ccccc3)C2)n1. The molecule has 7 heteroatoms. The Morgan fingerprint density at radius 2 is 2.04 bits per heavy atom. The maximum Gasteiger partial charge on any atom is 0.223 e. The molecule has 0 radical (unpaired) electrons. The fraction of sp³-hybridized carbons (Fsp3) is 0.429. The Morgan fingerprint density at radius 1 is 1.29 bits per heavy atom. The third-order valence-electron chi connectivity index (χ3n) is 5.00. The summed E-state index contributed by atoms with van der Waals surface area (Å²) < 4.78 is 0. The molecule has 1 N–H and O–H groups in total. The summed E-state index contributed by atoms with van der Waals surface area (Å²) in [5.74, 6) is 1.49. The van der Waals surface area contributed by atoms with Gasteiger partial charge in [0.05, 0.1) is 12.2 Å². The Balaban J connectivity index is 1.76. The Morgan fingerprint density at radius 3 is 2.71 bits per heavy atom. The molecular formula is C21H27N5O2. The second-order valence-electron chi connectivity index (χ2n) is 7.11. The predicted molar refractivity (Wildman–Crippen MR) is 108 cm³/mol. The lowest BCUT2D eigenvalue weighted by molar-refractivity contribution is -0.130. The number of hydrogen-bond donors (Lipinski definition) is 1. The molecule has 0 saturated carbocycles.